The summed E-state index contributed by atoms with van der Waals surface area (Å²) in [4.78, 5) is 12.1. The molecule has 126 valence electrons. The van der Waals surface area contributed by atoms with Crippen LogP contribution >= 0.6 is 0 Å². The Bertz CT molecular complexity index is 833. The standard InChI is InChI=1S/C20H18N2O3/c1-24-19-10-6-5-9-18(19)22-20(23)21-15-11-13-17(14-12-15)25-16-7-3-2-4-8-16/h2-14H,1H3,(H2,21,22,23). The molecule has 2 N–H and O–H groups in total. The molecule has 3 aromatic carbocycles. The lowest BCUT2D eigenvalue weighted by Gasteiger charge is -2.11. The highest BCUT2D eigenvalue weighted by molar-refractivity contribution is 6.00. The molecule has 5 heteroatoms. The minimum Gasteiger partial charge on any atom is -0.495 e. The van der Waals surface area contributed by atoms with Gasteiger partial charge >= 0.3 is 6.03 Å². The van der Waals surface area contributed by atoms with Crippen molar-refractivity contribution in [1.29, 1.82) is 0 Å². The van der Waals surface area contributed by atoms with E-state index in [1.54, 1.807) is 43.5 Å². The fraction of sp³-hybridized carbons (Fsp3) is 0.0500. The number of anilines is 2. The van der Waals surface area contributed by atoms with E-state index >= 15 is 0 Å². The number of hydrogen-bond donors (Lipinski definition) is 2. The number of amides is 2. The second-order valence-corrected chi connectivity index (χ2v) is 5.22. The first-order valence-corrected chi connectivity index (χ1v) is 7.78. The van der Waals surface area contributed by atoms with E-state index in [2.05, 4.69) is 10.6 Å². The van der Waals surface area contributed by atoms with Crippen molar-refractivity contribution >= 4 is 17.4 Å². The van der Waals surface area contributed by atoms with Crippen LogP contribution in [0.25, 0.3) is 0 Å². The number of ether oxygens (including phenoxy) is 2. The van der Waals surface area contributed by atoms with Gasteiger partial charge in [0.1, 0.15) is 17.2 Å². The van der Waals surface area contributed by atoms with Crippen LogP contribution < -0.4 is 20.1 Å². The van der Waals surface area contributed by atoms with Crippen LogP contribution in [0.4, 0.5) is 16.2 Å². The van der Waals surface area contributed by atoms with Crippen LogP contribution in [-0.4, -0.2) is 13.1 Å². The Morgan fingerprint density at radius 3 is 2.12 bits per heavy atom. The third-order valence-corrected chi connectivity index (χ3v) is 3.45. The summed E-state index contributed by atoms with van der Waals surface area (Å²) in [5, 5.41) is 5.53. The lowest BCUT2D eigenvalue weighted by atomic mass is 10.3. The second kappa shape index (κ2) is 7.88. The molecule has 0 aliphatic carbocycles. The molecule has 0 radical (unpaired) electrons. The Balaban J connectivity index is 1.60. The van der Waals surface area contributed by atoms with E-state index in [-0.39, 0.29) is 6.03 Å². The van der Waals surface area contributed by atoms with Crippen LogP contribution in [0.2, 0.25) is 0 Å². The number of benzene rings is 3. The number of urea groups is 1. The maximum Gasteiger partial charge on any atom is 0.323 e. The molecule has 5 nitrogen and oxygen atoms in total. The highest BCUT2D eigenvalue weighted by Crippen LogP contribution is 2.24. The molecule has 0 heterocycles. The molecule has 2 amide bonds. The Morgan fingerprint density at radius 1 is 0.760 bits per heavy atom. The van der Waals surface area contributed by atoms with Gasteiger partial charge in [0.25, 0.3) is 0 Å². The molecule has 25 heavy (non-hydrogen) atoms. The first-order valence-electron chi connectivity index (χ1n) is 7.78. The van der Waals surface area contributed by atoms with E-state index < -0.39 is 0 Å². The fourth-order valence-corrected chi connectivity index (χ4v) is 2.26. The largest absolute Gasteiger partial charge is 0.495 e. The molecule has 3 rings (SSSR count). The summed E-state index contributed by atoms with van der Waals surface area (Å²) in [6.07, 6.45) is 0. The second-order valence-electron chi connectivity index (χ2n) is 5.22. The number of para-hydroxylation sites is 3. The number of hydrogen-bond acceptors (Lipinski definition) is 3. The molecule has 0 spiro atoms. The maximum atomic E-state index is 12.1. The minimum atomic E-state index is -0.346. The number of carbonyl (C=O) groups excluding carboxylic acids is 1. The Labute approximate surface area is 146 Å². The van der Waals surface area contributed by atoms with Crippen LogP contribution in [0, 0.1) is 0 Å². The van der Waals surface area contributed by atoms with Crippen molar-refractivity contribution in [2.75, 3.05) is 17.7 Å². The zero-order valence-electron chi connectivity index (χ0n) is 13.7. The van der Waals surface area contributed by atoms with E-state index in [4.69, 9.17) is 9.47 Å². The van der Waals surface area contributed by atoms with Gasteiger partial charge in [0.05, 0.1) is 12.8 Å². The van der Waals surface area contributed by atoms with Crippen molar-refractivity contribution in [3.63, 3.8) is 0 Å². The third-order valence-electron chi connectivity index (χ3n) is 3.45. The number of carbonyl (C=O) groups is 1. The summed E-state index contributed by atoms with van der Waals surface area (Å²) in [6, 6.07) is 23.5. The molecule has 0 aromatic heterocycles. The quantitative estimate of drug-likeness (QED) is 0.680. The molecule has 3 aromatic rings. The number of nitrogens with one attached hydrogen (secondary N) is 2. The van der Waals surface area contributed by atoms with E-state index in [9.17, 15) is 4.79 Å². The van der Waals surface area contributed by atoms with Crippen molar-refractivity contribution in [2.24, 2.45) is 0 Å². The van der Waals surface area contributed by atoms with Crippen LogP contribution in [0.1, 0.15) is 0 Å². The number of rotatable bonds is 5. The van der Waals surface area contributed by atoms with Gasteiger partial charge in [-0.1, -0.05) is 30.3 Å². The molecule has 0 saturated carbocycles. The van der Waals surface area contributed by atoms with Gasteiger partial charge in [-0.05, 0) is 48.5 Å². The van der Waals surface area contributed by atoms with Crippen molar-refractivity contribution in [3.8, 4) is 17.2 Å². The highest BCUT2D eigenvalue weighted by atomic mass is 16.5. The maximum absolute atomic E-state index is 12.1. The first-order chi connectivity index (χ1) is 12.2. The fourth-order valence-electron chi connectivity index (χ4n) is 2.26. The Hall–Kier alpha value is -3.47. The van der Waals surface area contributed by atoms with Gasteiger partial charge in [-0.15, -0.1) is 0 Å². The van der Waals surface area contributed by atoms with Gasteiger partial charge < -0.3 is 20.1 Å². The van der Waals surface area contributed by atoms with Crippen LogP contribution in [0.15, 0.2) is 78.9 Å². The average molecular weight is 334 g/mol. The zero-order valence-corrected chi connectivity index (χ0v) is 13.7. The highest BCUT2D eigenvalue weighted by Gasteiger charge is 2.07. The molecule has 0 atom stereocenters. The van der Waals surface area contributed by atoms with Gasteiger partial charge in [-0.2, -0.15) is 0 Å². The summed E-state index contributed by atoms with van der Waals surface area (Å²) < 4.78 is 10.9. The first kappa shape index (κ1) is 16.4. The van der Waals surface area contributed by atoms with Crippen LogP contribution in [0.5, 0.6) is 17.2 Å². The molecule has 0 aliphatic rings. The normalized spacial score (nSPS) is 9.96. The summed E-state index contributed by atoms with van der Waals surface area (Å²) in [7, 11) is 1.56. The van der Waals surface area contributed by atoms with Crippen LogP contribution in [-0.2, 0) is 0 Å². The van der Waals surface area contributed by atoms with Crippen molar-refractivity contribution in [2.45, 2.75) is 0 Å². The monoisotopic (exact) mass is 334 g/mol. The summed E-state index contributed by atoms with van der Waals surface area (Å²) in [5.74, 6) is 2.06. The van der Waals surface area contributed by atoms with Crippen molar-refractivity contribution in [1.82, 2.24) is 0 Å². The minimum absolute atomic E-state index is 0.346. The lowest BCUT2D eigenvalue weighted by Crippen LogP contribution is -2.19. The van der Waals surface area contributed by atoms with Gasteiger partial charge in [-0.3, -0.25) is 0 Å². The van der Waals surface area contributed by atoms with E-state index in [0.717, 1.165) is 5.75 Å². The predicted octanol–water partition coefficient (Wildman–Crippen LogP) is 5.13. The van der Waals surface area contributed by atoms with Crippen molar-refractivity contribution < 1.29 is 14.3 Å². The molecular weight excluding hydrogens is 316 g/mol. The molecule has 0 fully saturated rings. The molecule has 0 unspecified atom stereocenters. The summed E-state index contributed by atoms with van der Waals surface area (Å²) in [5.41, 5.74) is 1.26. The van der Waals surface area contributed by atoms with E-state index in [1.807, 2.05) is 42.5 Å². The zero-order chi connectivity index (χ0) is 17.5. The topological polar surface area (TPSA) is 59.6 Å². The Kier molecular flexibility index (Phi) is 5.16. The van der Waals surface area contributed by atoms with E-state index in [0.29, 0.717) is 22.9 Å². The van der Waals surface area contributed by atoms with Gasteiger partial charge in [0.2, 0.25) is 0 Å². The average Bonchev–Trinajstić information content (AvgIpc) is 2.64. The van der Waals surface area contributed by atoms with Gasteiger partial charge in [0.15, 0.2) is 0 Å². The lowest BCUT2D eigenvalue weighted by molar-refractivity contribution is 0.262. The molecular formula is C20H18N2O3. The predicted molar refractivity (Wildman–Crippen MR) is 98.6 cm³/mol. The SMILES string of the molecule is COc1ccccc1NC(=O)Nc1ccc(Oc2ccccc2)cc1. The third kappa shape index (κ3) is 4.51. The summed E-state index contributed by atoms with van der Waals surface area (Å²) >= 11 is 0. The van der Waals surface area contributed by atoms with E-state index in [1.165, 1.54) is 0 Å². The Morgan fingerprint density at radius 2 is 1.40 bits per heavy atom. The smallest absolute Gasteiger partial charge is 0.323 e. The van der Waals surface area contributed by atoms with Crippen LogP contribution in [0.3, 0.4) is 0 Å². The molecule has 0 bridgehead atoms. The molecule has 0 saturated heterocycles. The van der Waals surface area contributed by atoms with Gasteiger partial charge in [0, 0.05) is 5.69 Å². The van der Waals surface area contributed by atoms with Crippen molar-refractivity contribution in [3.05, 3.63) is 78.9 Å². The van der Waals surface area contributed by atoms with Gasteiger partial charge in [-0.25, -0.2) is 4.79 Å². The molecule has 0 aliphatic heterocycles. The summed E-state index contributed by atoms with van der Waals surface area (Å²) in [6.45, 7) is 0. The number of methoxy groups -OCH3 is 1.